The highest BCUT2D eigenvalue weighted by atomic mass is 32.1. The average molecular weight is 253 g/mol. The largest absolute Gasteiger partial charge is 0.312 e. The van der Waals surface area contributed by atoms with Crippen molar-refractivity contribution in [1.29, 1.82) is 0 Å². The van der Waals surface area contributed by atoms with E-state index in [9.17, 15) is 0 Å². The van der Waals surface area contributed by atoms with Crippen LogP contribution < -0.4 is 5.32 Å². The zero-order valence-electron chi connectivity index (χ0n) is 11.8. The zero-order chi connectivity index (χ0) is 12.7. The molecule has 1 aromatic rings. The van der Waals surface area contributed by atoms with Crippen LogP contribution in [0.3, 0.4) is 0 Å². The molecule has 1 rings (SSSR count). The molecule has 0 atom stereocenters. The lowest BCUT2D eigenvalue weighted by molar-refractivity contribution is 0.416. The average Bonchev–Trinajstić information content (AvgIpc) is 2.61. The molecule has 0 saturated heterocycles. The minimum Gasteiger partial charge on any atom is -0.312 e. The van der Waals surface area contributed by atoms with Gasteiger partial charge >= 0.3 is 0 Å². The molecule has 98 valence electrons. The second-order valence-electron chi connectivity index (χ2n) is 5.87. The maximum absolute atomic E-state index is 3.54. The van der Waals surface area contributed by atoms with Gasteiger partial charge in [0.25, 0.3) is 0 Å². The Balaban J connectivity index is 1.97. The molecule has 17 heavy (non-hydrogen) atoms. The molecule has 1 nitrogen and oxygen atoms in total. The standard InChI is InChI=1S/C15H27NS/c1-13-10-12-17-14(13)9-7-5-6-8-11-16-15(2,3)4/h10,12,16H,5-9,11H2,1-4H3. The van der Waals surface area contributed by atoms with E-state index in [0.717, 1.165) is 6.54 Å². The van der Waals surface area contributed by atoms with E-state index in [2.05, 4.69) is 44.5 Å². The van der Waals surface area contributed by atoms with E-state index in [0.29, 0.717) is 0 Å². The summed E-state index contributed by atoms with van der Waals surface area (Å²) in [6, 6.07) is 2.23. The van der Waals surface area contributed by atoms with Gasteiger partial charge in [-0.3, -0.25) is 0 Å². The summed E-state index contributed by atoms with van der Waals surface area (Å²) < 4.78 is 0. The fourth-order valence-electron chi connectivity index (χ4n) is 1.89. The Morgan fingerprint density at radius 2 is 1.82 bits per heavy atom. The number of aryl methyl sites for hydroxylation is 2. The van der Waals surface area contributed by atoms with Gasteiger partial charge in [0.05, 0.1) is 0 Å². The minimum absolute atomic E-state index is 0.272. The molecule has 0 aliphatic carbocycles. The Hall–Kier alpha value is -0.340. The number of nitrogens with one attached hydrogen (secondary N) is 1. The van der Waals surface area contributed by atoms with Gasteiger partial charge in [-0.1, -0.05) is 12.8 Å². The molecule has 0 aromatic carbocycles. The van der Waals surface area contributed by atoms with E-state index in [1.807, 2.05) is 11.3 Å². The Kier molecular flexibility index (Phi) is 6.21. The number of unbranched alkanes of at least 4 members (excludes halogenated alkanes) is 3. The highest BCUT2D eigenvalue weighted by Gasteiger charge is 2.06. The Morgan fingerprint density at radius 3 is 2.41 bits per heavy atom. The first kappa shape index (κ1) is 14.7. The van der Waals surface area contributed by atoms with E-state index < -0.39 is 0 Å². The Morgan fingerprint density at radius 1 is 1.12 bits per heavy atom. The molecule has 0 bridgehead atoms. The summed E-state index contributed by atoms with van der Waals surface area (Å²) in [7, 11) is 0. The van der Waals surface area contributed by atoms with Gasteiger partial charge in [0.2, 0.25) is 0 Å². The highest BCUT2D eigenvalue weighted by Crippen LogP contribution is 2.18. The van der Waals surface area contributed by atoms with Gasteiger partial charge in [-0.15, -0.1) is 11.3 Å². The van der Waals surface area contributed by atoms with Gasteiger partial charge in [-0.2, -0.15) is 0 Å². The molecule has 0 radical (unpaired) electrons. The molecule has 0 fully saturated rings. The van der Waals surface area contributed by atoms with Crippen LogP contribution in [0.5, 0.6) is 0 Å². The lowest BCUT2D eigenvalue weighted by atomic mass is 10.1. The van der Waals surface area contributed by atoms with Crippen LogP contribution in [0.2, 0.25) is 0 Å². The number of rotatable bonds is 7. The van der Waals surface area contributed by atoms with Crippen molar-refractivity contribution in [2.75, 3.05) is 6.54 Å². The first-order valence-electron chi connectivity index (χ1n) is 6.77. The lowest BCUT2D eigenvalue weighted by Crippen LogP contribution is -2.36. The van der Waals surface area contributed by atoms with Gasteiger partial charge in [-0.25, -0.2) is 0 Å². The molecule has 0 unspecified atom stereocenters. The van der Waals surface area contributed by atoms with E-state index in [-0.39, 0.29) is 5.54 Å². The maximum Gasteiger partial charge on any atom is 0.00965 e. The van der Waals surface area contributed by atoms with Crippen LogP contribution in [0.1, 0.15) is 56.9 Å². The zero-order valence-corrected chi connectivity index (χ0v) is 12.6. The van der Waals surface area contributed by atoms with Crippen LogP contribution >= 0.6 is 11.3 Å². The summed E-state index contributed by atoms with van der Waals surface area (Å²) in [6.07, 6.45) is 6.64. The second-order valence-corrected chi connectivity index (χ2v) is 6.87. The molecule has 1 heterocycles. The van der Waals surface area contributed by atoms with Crippen LogP contribution in [-0.2, 0) is 6.42 Å². The monoisotopic (exact) mass is 253 g/mol. The van der Waals surface area contributed by atoms with E-state index in [1.54, 1.807) is 4.88 Å². The molecule has 0 spiro atoms. The lowest BCUT2D eigenvalue weighted by Gasteiger charge is -2.20. The first-order valence-corrected chi connectivity index (χ1v) is 7.65. The summed E-state index contributed by atoms with van der Waals surface area (Å²) in [5.41, 5.74) is 1.75. The van der Waals surface area contributed by atoms with Gasteiger partial charge in [0, 0.05) is 10.4 Å². The molecule has 0 saturated carbocycles. The first-order chi connectivity index (χ1) is 7.99. The summed E-state index contributed by atoms with van der Waals surface area (Å²) in [4.78, 5) is 1.58. The molecule has 1 N–H and O–H groups in total. The SMILES string of the molecule is Cc1ccsc1CCCCCCNC(C)(C)C. The van der Waals surface area contributed by atoms with Crippen molar-refractivity contribution >= 4 is 11.3 Å². The van der Waals surface area contributed by atoms with Crippen molar-refractivity contribution in [2.24, 2.45) is 0 Å². The number of hydrogen-bond donors (Lipinski definition) is 1. The third kappa shape index (κ3) is 6.85. The van der Waals surface area contributed by atoms with E-state index in [1.165, 1.54) is 37.7 Å². The number of hydrogen-bond acceptors (Lipinski definition) is 2. The second kappa shape index (κ2) is 7.17. The van der Waals surface area contributed by atoms with Crippen molar-refractivity contribution in [3.8, 4) is 0 Å². The fraction of sp³-hybridized carbons (Fsp3) is 0.733. The van der Waals surface area contributed by atoms with E-state index in [4.69, 9.17) is 0 Å². The molecule has 0 aliphatic rings. The Labute approximate surface area is 111 Å². The third-order valence-electron chi connectivity index (χ3n) is 2.95. The number of thiophene rings is 1. The smallest absolute Gasteiger partial charge is 0.00965 e. The summed E-state index contributed by atoms with van der Waals surface area (Å²) >= 11 is 1.91. The molecule has 0 aliphatic heterocycles. The van der Waals surface area contributed by atoms with E-state index >= 15 is 0 Å². The Bertz CT molecular complexity index is 309. The van der Waals surface area contributed by atoms with Crippen molar-refractivity contribution < 1.29 is 0 Å². The minimum atomic E-state index is 0.272. The van der Waals surface area contributed by atoms with Crippen LogP contribution in [0.25, 0.3) is 0 Å². The predicted octanol–water partition coefficient (Wildman–Crippen LogP) is 4.55. The summed E-state index contributed by atoms with van der Waals surface area (Å²) in [5, 5.41) is 5.74. The van der Waals surface area contributed by atoms with Gasteiger partial charge in [0.15, 0.2) is 0 Å². The van der Waals surface area contributed by atoms with Gasteiger partial charge < -0.3 is 5.32 Å². The van der Waals surface area contributed by atoms with Crippen molar-refractivity contribution in [3.05, 3.63) is 21.9 Å². The predicted molar refractivity (Wildman–Crippen MR) is 79.0 cm³/mol. The molecule has 0 amide bonds. The molecule has 2 heteroatoms. The molecular weight excluding hydrogens is 226 g/mol. The third-order valence-corrected chi connectivity index (χ3v) is 4.04. The quantitative estimate of drug-likeness (QED) is 0.703. The van der Waals surface area contributed by atoms with Crippen LogP contribution in [-0.4, -0.2) is 12.1 Å². The van der Waals surface area contributed by atoms with Crippen molar-refractivity contribution in [3.63, 3.8) is 0 Å². The topological polar surface area (TPSA) is 12.0 Å². The van der Waals surface area contributed by atoms with Gasteiger partial charge in [-0.05, 0) is 70.5 Å². The van der Waals surface area contributed by atoms with Crippen molar-refractivity contribution in [1.82, 2.24) is 5.32 Å². The van der Waals surface area contributed by atoms with Crippen LogP contribution in [0, 0.1) is 6.92 Å². The highest BCUT2D eigenvalue weighted by molar-refractivity contribution is 7.10. The van der Waals surface area contributed by atoms with Crippen molar-refractivity contribution in [2.45, 2.75) is 65.3 Å². The summed E-state index contributed by atoms with van der Waals surface area (Å²) in [6.45, 7) is 10.1. The van der Waals surface area contributed by atoms with Gasteiger partial charge in [0.1, 0.15) is 0 Å². The normalized spacial score (nSPS) is 12.0. The van der Waals surface area contributed by atoms with Crippen LogP contribution in [0.15, 0.2) is 11.4 Å². The molecule has 1 aromatic heterocycles. The fourth-order valence-corrected chi connectivity index (χ4v) is 2.84. The maximum atomic E-state index is 3.54. The van der Waals surface area contributed by atoms with Crippen LogP contribution in [0.4, 0.5) is 0 Å². The molecular formula is C15H27NS. The summed E-state index contributed by atoms with van der Waals surface area (Å²) in [5.74, 6) is 0.